The highest BCUT2D eigenvalue weighted by Gasteiger charge is 2.29. The van der Waals surface area contributed by atoms with E-state index in [1.807, 2.05) is 54.0 Å². The van der Waals surface area contributed by atoms with Gasteiger partial charge in [0.1, 0.15) is 0 Å². The lowest BCUT2D eigenvalue weighted by atomic mass is 10.1. The summed E-state index contributed by atoms with van der Waals surface area (Å²) in [6, 6.07) is 9.39. The number of hydrogen-bond acceptors (Lipinski definition) is 2. The normalized spacial score (nSPS) is 19.4. The van der Waals surface area contributed by atoms with Crippen LogP contribution in [0.25, 0.3) is 0 Å². The summed E-state index contributed by atoms with van der Waals surface area (Å²) < 4.78 is 0. The van der Waals surface area contributed by atoms with Gasteiger partial charge in [0.2, 0.25) is 5.91 Å². The Morgan fingerprint density at radius 1 is 1.21 bits per heavy atom. The van der Waals surface area contributed by atoms with Crippen molar-refractivity contribution in [1.82, 2.24) is 9.80 Å². The van der Waals surface area contributed by atoms with E-state index in [1.165, 1.54) is 0 Å². The number of benzene rings is 1. The molecule has 0 aromatic heterocycles. The van der Waals surface area contributed by atoms with E-state index in [9.17, 15) is 9.59 Å². The van der Waals surface area contributed by atoms with Gasteiger partial charge in [-0.15, -0.1) is 0 Å². The fourth-order valence-electron chi connectivity index (χ4n) is 2.48. The van der Waals surface area contributed by atoms with Crippen molar-refractivity contribution in [3.8, 4) is 0 Å². The van der Waals surface area contributed by atoms with Crippen molar-refractivity contribution in [1.29, 1.82) is 0 Å². The molecule has 0 bridgehead atoms. The topological polar surface area (TPSA) is 40.6 Å². The summed E-state index contributed by atoms with van der Waals surface area (Å²) in [6.07, 6.45) is 0.525. The highest BCUT2D eigenvalue weighted by atomic mass is 16.2. The summed E-state index contributed by atoms with van der Waals surface area (Å²) in [5, 5.41) is 0. The monoisotopic (exact) mass is 260 g/mol. The maximum Gasteiger partial charge on any atom is 0.253 e. The van der Waals surface area contributed by atoms with Crippen LogP contribution in [0.3, 0.4) is 0 Å². The van der Waals surface area contributed by atoms with Gasteiger partial charge in [0.25, 0.3) is 5.91 Å². The van der Waals surface area contributed by atoms with Crippen LogP contribution in [-0.4, -0.2) is 47.3 Å². The lowest BCUT2D eigenvalue weighted by molar-refractivity contribution is -0.134. The molecular formula is C15H20N2O2. The predicted octanol–water partition coefficient (Wildman–Crippen LogP) is 1.77. The number of rotatable bonds is 2. The zero-order chi connectivity index (χ0) is 13.8. The number of amides is 2. The van der Waals surface area contributed by atoms with Crippen LogP contribution in [0.4, 0.5) is 0 Å². The molecule has 0 N–H and O–H groups in total. The molecule has 2 amide bonds. The molecule has 0 aliphatic carbocycles. The van der Waals surface area contributed by atoms with E-state index in [-0.39, 0.29) is 17.9 Å². The van der Waals surface area contributed by atoms with Crippen molar-refractivity contribution in [2.45, 2.75) is 26.3 Å². The second-order valence-electron chi connectivity index (χ2n) is 4.91. The number of hydrogen-bond donors (Lipinski definition) is 0. The zero-order valence-corrected chi connectivity index (χ0v) is 11.5. The van der Waals surface area contributed by atoms with E-state index in [1.54, 1.807) is 0 Å². The molecule has 0 spiro atoms. The minimum Gasteiger partial charge on any atom is -0.336 e. The fraction of sp³-hybridized carbons (Fsp3) is 0.467. The first-order chi connectivity index (χ1) is 9.13. The molecule has 0 unspecified atom stereocenters. The number of carbonyl (C=O) groups is 2. The molecule has 1 aliphatic rings. The van der Waals surface area contributed by atoms with Crippen molar-refractivity contribution in [2.24, 2.45) is 0 Å². The lowest BCUT2D eigenvalue weighted by Gasteiger charge is -2.39. The Morgan fingerprint density at radius 2 is 1.89 bits per heavy atom. The molecular weight excluding hydrogens is 240 g/mol. The Kier molecular flexibility index (Phi) is 4.20. The molecule has 1 atom stereocenters. The predicted molar refractivity (Wildman–Crippen MR) is 73.8 cm³/mol. The van der Waals surface area contributed by atoms with E-state index < -0.39 is 0 Å². The molecule has 0 radical (unpaired) electrons. The summed E-state index contributed by atoms with van der Waals surface area (Å²) in [5.74, 6) is 0.218. The smallest absolute Gasteiger partial charge is 0.253 e. The van der Waals surface area contributed by atoms with Gasteiger partial charge in [0, 0.05) is 37.7 Å². The Hall–Kier alpha value is -1.84. The maximum absolute atomic E-state index is 12.3. The van der Waals surface area contributed by atoms with Gasteiger partial charge in [-0.1, -0.05) is 25.1 Å². The summed E-state index contributed by atoms with van der Waals surface area (Å²) in [5.41, 5.74) is 0.713. The van der Waals surface area contributed by atoms with Crippen LogP contribution in [-0.2, 0) is 4.79 Å². The fourth-order valence-corrected chi connectivity index (χ4v) is 2.48. The molecule has 102 valence electrons. The van der Waals surface area contributed by atoms with E-state index in [4.69, 9.17) is 0 Å². The molecule has 1 aromatic carbocycles. The second kappa shape index (κ2) is 5.87. The third-order valence-electron chi connectivity index (χ3n) is 3.56. The standard InChI is InChI=1S/C15H20N2O2/c1-3-14(18)17-10-9-16(11-12(17)2)15(19)13-7-5-4-6-8-13/h4-8,12H,3,9-11H2,1-2H3/t12-/m0/s1. The van der Waals surface area contributed by atoms with Crippen molar-refractivity contribution < 1.29 is 9.59 Å². The van der Waals surface area contributed by atoms with Gasteiger partial charge in [-0.2, -0.15) is 0 Å². The van der Waals surface area contributed by atoms with Crippen molar-refractivity contribution in [2.75, 3.05) is 19.6 Å². The highest BCUT2D eigenvalue weighted by molar-refractivity contribution is 5.94. The number of nitrogens with zero attached hydrogens (tertiary/aromatic N) is 2. The average Bonchev–Trinajstić information content (AvgIpc) is 2.46. The lowest BCUT2D eigenvalue weighted by Crippen LogP contribution is -2.55. The van der Waals surface area contributed by atoms with Crippen LogP contribution >= 0.6 is 0 Å². The van der Waals surface area contributed by atoms with Crippen LogP contribution < -0.4 is 0 Å². The zero-order valence-electron chi connectivity index (χ0n) is 11.5. The maximum atomic E-state index is 12.3. The van der Waals surface area contributed by atoms with Crippen LogP contribution in [0.1, 0.15) is 30.6 Å². The summed E-state index contributed by atoms with van der Waals surface area (Å²) in [4.78, 5) is 27.8. The van der Waals surface area contributed by atoms with E-state index >= 15 is 0 Å². The quantitative estimate of drug-likeness (QED) is 0.813. The average molecular weight is 260 g/mol. The largest absolute Gasteiger partial charge is 0.336 e. The van der Waals surface area contributed by atoms with E-state index in [0.29, 0.717) is 31.6 Å². The van der Waals surface area contributed by atoms with Gasteiger partial charge in [0.15, 0.2) is 0 Å². The molecule has 19 heavy (non-hydrogen) atoms. The first kappa shape index (κ1) is 13.6. The Morgan fingerprint density at radius 3 is 2.47 bits per heavy atom. The van der Waals surface area contributed by atoms with Crippen LogP contribution in [0.15, 0.2) is 30.3 Å². The van der Waals surface area contributed by atoms with Gasteiger partial charge in [0.05, 0.1) is 0 Å². The SMILES string of the molecule is CCC(=O)N1CCN(C(=O)c2ccccc2)C[C@@H]1C. The van der Waals surface area contributed by atoms with E-state index in [0.717, 1.165) is 0 Å². The number of carbonyl (C=O) groups excluding carboxylic acids is 2. The summed E-state index contributed by atoms with van der Waals surface area (Å²) in [6.45, 7) is 5.73. The van der Waals surface area contributed by atoms with Crippen LogP contribution in [0.2, 0.25) is 0 Å². The molecule has 4 heteroatoms. The minimum absolute atomic E-state index is 0.0519. The first-order valence-electron chi connectivity index (χ1n) is 6.77. The van der Waals surface area contributed by atoms with Gasteiger partial charge >= 0.3 is 0 Å². The minimum atomic E-state index is 0.0519. The molecule has 0 saturated carbocycles. The molecule has 4 nitrogen and oxygen atoms in total. The molecule has 2 rings (SSSR count). The number of piperazine rings is 1. The third kappa shape index (κ3) is 2.95. The van der Waals surface area contributed by atoms with E-state index in [2.05, 4.69) is 0 Å². The Balaban J connectivity index is 2.02. The molecule has 1 heterocycles. The first-order valence-corrected chi connectivity index (χ1v) is 6.77. The summed E-state index contributed by atoms with van der Waals surface area (Å²) >= 11 is 0. The third-order valence-corrected chi connectivity index (χ3v) is 3.56. The van der Waals surface area contributed by atoms with Gasteiger partial charge < -0.3 is 9.80 Å². The highest BCUT2D eigenvalue weighted by Crippen LogP contribution is 2.14. The second-order valence-corrected chi connectivity index (χ2v) is 4.91. The Labute approximate surface area is 114 Å². The van der Waals surface area contributed by atoms with Crippen molar-refractivity contribution >= 4 is 11.8 Å². The summed E-state index contributed by atoms with van der Waals surface area (Å²) in [7, 11) is 0. The van der Waals surface area contributed by atoms with Gasteiger partial charge in [-0.3, -0.25) is 9.59 Å². The van der Waals surface area contributed by atoms with Crippen LogP contribution in [0.5, 0.6) is 0 Å². The van der Waals surface area contributed by atoms with Gasteiger partial charge in [-0.25, -0.2) is 0 Å². The molecule has 1 aliphatic heterocycles. The van der Waals surface area contributed by atoms with Crippen molar-refractivity contribution in [3.63, 3.8) is 0 Å². The van der Waals surface area contributed by atoms with Gasteiger partial charge in [-0.05, 0) is 19.1 Å². The van der Waals surface area contributed by atoms with Crippen LogP contribution in [0, 0.1) is 0 Å². The molecule has 1 fully saturated rings. The van der Waals surface area contributed by atoms with Crippen molar-refractivity contribution in [3.05, 3.63) is 35.9 Å². The molecule has 1 aromatic rings. The Bertz CT molecular complexity index is 458. The molecule has 1 saturated heterocycles.